The maximum absolute atomic E-state index is 12.0. The normalized spacial score (nSPS) is 18.6. The van der Waals surface area contributed by atoms with Crippen LogP contribution in [0.5, 0.6) is 0 Å². The van der Waals surface area contributed by atoms with E-state index in [1.807, 2.05) is 6.92 Å². The molecule has 7 heteroatoms. The number of anilines is 1. The van der Waals surface area contributed by atoms with E-state index in [9.17, 15) is 9.59 Å². The second-order valence-electron chi connectivity index (χ2n) is 4.72. The molecule has 1 aliphatic heterocycles. The number of hydrogen-bond donors (Lipinski definition) is 2. The number of nitrogens with zero attached hydrogens (tertiary/aromatic N) is 3. The van der Waals surface area contributed by atoms with Crippen LogP contribution in [0.15, 0.2) is 6.20 Å². The molecule has 0 aromatic carbocycles. The molecule has 104 valence electrons. The van der Waals surface area contributed by atoms with Gasteiger partial charge in [0.05, 0.1) is 17.3 Å². The van der Waals surface area contributed by atoms with Crippen molar-refractivity contribution >= 4 is 17.7 Å². The molecule has 1 unspecified atom stereocenters. The molecule has 1 aromatic heterocycles. The molecule has 0 saturated carbocycles. The molecule has 2 rings (SSSR count). The highest BCUT2D eigenvalue weighted by Crippen LogP contribution is 2.19. The van der Waals surface area contributed by atoms with Gasteiger partial charge in [-0.05, 0) is 12.8 Å². The molecule has 0 bridgehead atoms. The van der Waals surface area contributed by atoms with E-state index in [0.717, 1.165) is 12.1 Å². The Kier molecular flexibility index (Phi) is 3.73. The summed E-state index contributed by atoms with van der Waals surface area (Å²) < 4.78 is 1.65. The molecular weight excluding hydrogens is 248 g/mol. The van der Waals surface area contributed by atoms with Gasteiger partial charge in [-0.25, -0.2) is 4.79 Å². The molecule has 1 saturated heterocycles. The summed E-state index contributed by atoms with van der Waals surface area (Å²) in [7, 11) is 1.80. The minimum atomic E-state index is -0.842. The van der Waals surface area contributed by atoms with E-state index in [4.69, 9.17) is 5.11 Å². The number of aryl methyl sites for hydroxylation is 2. The average Bonchev–Trinajstić information content (AvgIpc) is 2.95. The summed E-state index contributed by atoms with van der Waals surface area (Å²) in [5.41, 5.74) is 1.51. The number of aliphatic carboxylic acids is 1. The third kappa shape index (κ3) is 2.86. The highest BCUT2D eigenvalue weighted by Gasteiger charge is 2.31. The summed E-state index contributed by atoms with van der Waals surface area (Å²) in [6.45, 7) is 2.71. The molecule has 2 amide bonds. The Morgan fingerprint density at radius 1 is 1.58 bits per heavy atom. The second kappa shape index (κ2) is 5.29. The van der Waals surface area contributed by atoms with Crippen molar-refractivity contribution in [1.29, 1.82) is 0 Å². The molecule has 1 atom stereocenters. The predicted molar refractivity (Wildman–Crippen MR) is 68.9 cm³/mol. The SMILES string of the molecule is CCc1nn(C)cc1NC(=O)N1CCC(C(=O)O)C1. The standard InChI is InChI=1S/C12H18N4O3/c1-3-9-10(7-15(2)14-9)13-12(19)16-5-4-8(6-16)11(17)18/h7-8H,3-6H2,1-2H3,(H,13,19)(H,17,18). The molecule has 0 aliphatic carbocycles. The Bertz CT molecular complexity index is 497. The predicted octanol–water partition coefficient (Wildman–Crippen LogP) is 0.921. The summed E-state index contributed by atoms with van der Waals surface area (Å²) in [5, 5.41) is 16.0. The first-order chi connectivity index (χ1) is 9.01. The molecule has 2 heterocycles. The van der Waals surface area contributed by atoms with Gasteiger partial charge in [-0.3, -0.25) is 9.48 Å². The van der Waals surface area contributed by atoms with Crippen LogP contribution in [0.3, 0.4) is 0 Å². The van der Waals surface area contributed by atoms with Gasteiger partial charge in [0.15, 0.2) is 0 Å². The van der Waals surface area contributed by atoms with E-state index in [1.54, 1.807) is 17.9 Å². The van der Waals surface area contributed by atoms with E-state index in [-0.39, 0.29) is 12.6 Å². The van der Waals surface area contributed by atoms with Crippen molar-refractivity contribution in [2.24, 2.45) is 13.0 Å². The van der Waals surface area contributed by atoms with Crippen molar-refractivity contribution in [3.05, 3.63) is 11.9 Å². The molecule has 0 radical (unpaired) electrons. The van der Waals surface area contributed by atoms with E-state index in [2.05, 4.69) is 10.4 Å². The molecule has 1 fully saturated rings. The van der Waals surface area contributed by atoms with Crippen LogP contribution in [0.25, 0.3) is 0 Å². The Balaban J connectivity index is 2.00. The number of carbonyl (C=O) groups is 2. The topological polar surface area (TPSA) is 87.5 Å². The van der Waals surface area contributed by atoms with Crippen molar-refractivity contribution in [3.8, 4) is 0 Å². The van der Waals surface area contributed by atoms with Crippen LogP contribution < -0.4 is 5.32 Å². The van der Waals surface area contributed by atoms with Gasteiger partial charge in [0.1, 0.15) is 0 Å². The number of aromatic nitrogens is 2. The number of carbonyl (C=O) groups excluding carboxylic acids is 1. The average molecular weight is 266 g/mol. The maximum Gasteiger partial charge on any atom is 0.321 e. The van der Waals surface area contributed by atoms with Crippen LogP contribution in [0.2, 0.25) is 0 Å². The molecule has 1 aliphatic rings. The Morgan fingerprint density at radius 3 is 2.89 bits per heavy atom. The first-order valence-corrected chi connectivity index (χ1v) is 6.32. The van der Waals surface area contributed by atoms with Gasteiger partial charge >= 0.3 is 12.0 Å². The van der Waals surface area contributed by atoms with Crippen molar-refractivity contribution in [1.82, 2.24) is 14.7 Å². The number of hydrogen-bond acceptors (Lipinski definition) is 3. The first kappa shape index (κ1) is 13.4. The van der Waals surface area contributed by atoms with Crippen LogP contribution in [0.1, 0.15) is 19.0 Å². The fourth-order valence-electron chi connectivity index (χ4n) is 2.24. The zero-order chi connectivity index (χ0) is 14.0. The summed E-state index contributed by atoms with van der Waals surface area (Å²) in [5.74, 6) is -1.30. The molecule has 19 heavy (non-hydrogen) atoms. The summed E-state index contributed by atoms with van der Waals surface area (Å²) in [6.07, 6.45) is 2.99. The van der Waals surface area contributed by atoms with Crippen molar-refractivity contribution < 1.29 is 14.7 Å². The van der Waals surface area contributed by atoms with Gasteiger partial charge in [0.2, 0.25) is 0 Å². The number of rotatable bonds is 3. The number of nitrogens with one attached hydrogen (secondary N) is 1. The lowest BCUT2D eigenvalue weighted by Gasteiger charge is -2.16. The van der Waals surface area contributed by atoms with E-state index >= 15 is 0 Å². The van der Waals surface area contributed by atoms with Crippen molar-refractivity contribution in [2.45, 2.75) is 19.8 Å². The van der Waals surface area contributed by atoms with Crippen LogP contribution in [-0.2, 0) is 18.3 Å². The Labute approximate surface area is 111 Å². The number of carboxylic acids is 1. The number of urea groups is 1. The largest absolute Gasteiger partial charge is 0.481 e. The highest BCUT2D eigenvalue weighted by atomic mass is 16.4. The van der Waals surface area contributed by atoms with Gasteiger partial charge < -0.3 is 15.3 Å². The van der Waals surface area contributed by atoms with Gasteiger partial charge in [0, 0.05) is 26.3 Å². The maximum atomic E-state index is 12.0. The molecule has 1 aromatic rings. The van der Waals surface area contributed by atoms with Gasteiger partial charge in [-0.15, -0.1) is 0 Å². The van der Waals surface area contributed by atoms with Crippen LogP contribution >= 0.6 is 0 Å². The lowest BCUT2D eigenvalue weighted by atomic mass is 10.1. The van der Waals surface area contributed by atoms with E-state index in [1.165, 1.54) is 4.90 Å². The summed E-state index contributed by atoms with van der Waals surface area (Å²) >= 11 is 0. The van der Waals surface area contributed by atoms with Gasteiger partial charge in [0.25, 0.3) is 0 Å². The van der Waals surface area contributed by atoms with Gasteiger partial charge in [-0.2, -0.15) is 5.10 Å². The molecule has 2 N–H and O–H groups in total. The molecule has 0 spiro atoms. The zero-order valence-electron chi connectivity index (χ0n) is 11.1. The van der Waals surface area contributed by atoms with Crippen LogP contribution in [-0.4, -0.2) is 44.9 Å². The van der Waals surface area contributed by atoms with Crippen molar-refractivity contribution in [2.75, 3.05) is 18.4 Å². The fraction of sp³-hybridized carbons (Fsp3) is 0.583. The monoisotopic (exact) mass is 266 g/mol. The minimum absolute atomic E-state index is 0.258. The van der Waals surface area contributed by atoms with Crippen LogP contribution in [0.4, 0.5) is 10.5 Å². The molecule has 7 nitrogen and oxygen atoms in total. The smallest absolute Gasteiger partial charge is 0.321 e. The number of amides is 2. The van der Waals surface area contributed by atoms with Crippen molar-refractivity contribution in [3.63, 3.8) is 0 Å². The number of likely N-dealkylation sites (tertiary alicyclic amines) is 1. The lowest BCUT2D eigenvalue weighted by Crippen LogP contribution is -2.33. The summed E-state index contributed by atoms with van der Waals surface area (Å²) in [4.78, 5) is 24.4. The lowest BCUT2D eigenvalue weighted by molar-refractivity contribution is -0.141. The van der Waals surface area contributed by atoms with Gasteiger partial charge in [-0.1, -0.05) is 6.92 Å². The fourth-order valence-corrected chi connectivity index (χ4v) is 2.24. The third-order valence-electron chi connectivity index (χ3n) is 3.31. The Hall–Kier alpha value is -2.05. The summed E-state index contributed by atoms with van der Waals surface area (Å²) in [6, 6.07) is -0.258. The quantitative estimate of drug-likeness (QED) is 0.851. The molecular formula is C12H18N4O3. The number of carboxylic acid groups (broad SMARTS) is 1. The zero-order valence-corrected chi connectivity index (χ0v) is 11.1. The van der Waals surface area contributed by atoms with E-state index < -0.39 is 11.9 Å². The van der Waals surface area contributed by atoms with E-state index in [0.29, 0.717) is 18.7 Å². The second-order valence-corrected chi connectivity index (χ2v) is 4.72. The third-order valence-corrected chi connectivity index (χ3v) is 3.31. The highest BCUT2D eigenvalue weighted by molar-refractivity contribution is 5.90. The Morgan fingerprint density at radius 2 is 2.32 bits per heavy atom. The van der Waals surface area contributed by atoms with Crippen LogP contribution in [0, 0.1) is 5.92 Å². The first-order valence-electron chi connectivity index (χ1n) is 6.32. The minimum Gasteiger partial charge on any atom is -0.481 e.